The molecule has 0 bridgehead atoms. The van der Waals surface area contributed by atoms with Crippen molar-refractivity contribution in [3.63, 3.8) is 0 Å². The summed E-state index contributed by atoms with van der Waals surface area (Å²) in [5, 5.41) is 3.56. The molecule has 37 heavy (non-hydrogen) atoms. The quantitative estimate of drug-likeness (QED) is 0.279. The Morgan fingerprint density at radius 2 is 1.62 bits per heavy atom. The lowest BCUT2D eigenvalue weighted by Crippen LogP contribution is -2.52. The molecule has 0 aliphatic carbocycles. The van der Waals surface area contributed by atoms with Crippen LogP contribution >= 0.6 is 27.5 Å². The highest BCUT2D eigenvalue weighted by atomic mass is 79.9. The van der Waals surface area contributed by atoms with Crippen LogP contribution in [0.4, 0.5) is 0 Å². The third-order valence-corrected chi connectivity index (χ3v) is 7.65. The van der Waals surface area contributed by atoms with E-state index < -0.39 is 6.04 Å². The Hall–Kier alpha value is -2.83. The lowest BCUT2D eigenvalue weighted by Gasteiger charge is -2.32. The van der Waals surface area contributed by atoms with Gasteiger partial charge in [-0.1, -0.05) is 89.9 Å². The van der Waals surface area contributed by atoms with Gasteiger partial charge in [-0.25, -0.2) is 0 Å². The minimum atomic E-state index is -0.734. The van der Waals surface area contributed by atoms with Crippen LogP contribution in [-0.4, -0.2) is 35.9 Å². The molecule has 3 aromatic rings. The average molecular weight is 586 g/mol. The van der Waals surface area contributed by atoms with Crippen molar-refractivity contribution in [2.45, 2.75) is 46.7 Å². The van der Waals surface area contributed by atoms with Crippen molar-refractivity contribution in [2.75, 3.05) is 13.2 Å². The normalized spacial score (nSPS) is 11.8. The van der Waals surface area contributed by atoms with E-state index in [1.165, 1.54) is 0 Å². The molecule has 1 N–H and O–H groups in total. The Morgan fingerprint density at radius 1 is 1.00 bits per heavy atom. The van der Waals surface area contributed by atoms with Crippen LogP contribution in [0.5, 0.6) is 5.75 Å². The molecule has 0 fully saturated rings. The monoisotopic (exact) mass is 584 g/mol. The van der Waals surface area contributed by atoms with Crippen LogP contribution in [0.15, 0.2) is 71.2 Å². The molecule has 0 saturated carbocycles. The minimum absolute atomic E-state index is 0.187. The maximum absolute atomic E-state index is 13.7. The fraction of sp³-hybridized carbons (Fsp3) is 0.333. The SMILES string of the molecule is Cc1cc(OCC(=O)N(Cc2ccccc2Cl)[C@@H](Cc2ccccc2)C(=O)NCC(C)C)cc(C)c1Br. The lowest BCUT2D eigenvalue weighted by atomic mass is 10.0. The Bertz CT molecular complexity index is 1190. The summed E-state index contributed by atoms with van der Waals surface area (Å²) < 4.78 is 6.95. The van der Waals surface area contributed by atoms with Gasteiger partial charge >= 0.3 is 0 Å². The topological polar surface area (TPSA) is 58.6 Å². The zero-order valence-electron chi connectivity index (χ0n) is 21.8. The fourth-order valence-electron chi connectivity index (χ4n) is 4.00. The van der Waals surface area contributed by atoms with Gasteiger partial charge in [-0.3, -0.25) is 9.59 Å². The summed E-state index contributed by atoms with van der Waals surface area (Å²) in [7, 11) is 0. The molecule has 3 rings (SSSR count). The first-order valence-corrected chi connectivity index (χ1v) is 13.6. The Morgan fingerprint density at radius 3 is 2.24 bits per heavy atom. The van der Waals surface area contributed by atoms with Crippen LogP contribution in [0.25, 0.3) is 0 Å². The molecule has 5 nitrogen and oxygen atoms in total. The number of aryl methyl sites for hydroxylation is 2. The maximum Gasteiger partial charge on any atom is 0.261 e. The van der Waals surface area contributed by atoms with Crippen LogP contribution in [0.1, 0.15) is 36.1 Å². The second kappa shape index (κ2) is 13.6. The number of benzene rings is 3. The number of rotatable bonds is 11. The predicted octanol–water partition coefficient (Wildman–Crippen LogP) is 6.51. The minimum Gasteiger partial charge on any atom is -0.484 e. The molecule has 0 heterocycles. The first kappa shape index (κ1) is 28.7. The number of amides is 2. The van der Waals surface area contributed by atoms with Gasteiger partial charge in [0.1, 0.15) is 11.8 Å². The van der Waals surface area contributed by atoms with Gasteiger partial charge in [-0.2, -0.15) is 0 Å². The first-order chi connectivity index (χ1) is 17.7. The number of carbonyl (C=O) groups excluding carboxylic acids is 2. The fourth-order valence-corrected chi connectivity index (χ4v) is 4.43. The van der Waals surface area contributed by atoms with Crippen LogP contribution in [0.2, 0.25) is 5.02 Å². The second-order valence-electron chi connectivity index (χ2n) is 9.62. The van der Waals surface area contributed by atoms with Crippen LogP contribution in [0, 0.1) is 19.8 Å². The molecule has 0 unspecified atom stereocenters. The highest BCUT2D eigenvalue weighted by molar-refractivity contribution is 9.10. The number of carbonyl (C=O) groups is 2. The van der Waals surface area contributed by atoms with Gasteiger partial charge in [0, 0.05) is 29.0 Å². The van der Waals surface area contributed by atoms with E-state index in [4.69, 9.17) is 16.3 Å². The highest BCUT2D eigenvalue weighted by Crippen LogP contribution is 2.27. The zero-order valence-corrected chi connectivity index (χ0v) is 24.1. The summed E-state index contributed by atoms with van der Waals surface area (Å²) in [5.41, 5.74) is 3.77. The Balaban J connectivity index is 1.92. The summed E-state index contributed by atoms with van der Waals surface area (Å²) in [4.78, 5) is 28.8. The van der Waals surface area contributed by atoms with E-state index in [0.717, 1.165) is 26.7 Å². The molecule has 196 valence electrons. The number of hydrogen-bond acceptors (Lipinski definition) is 3. The zero-order chi connectivity index (χ0) is 26.9. The van der Waals surface area contributed by atoms with Crippen molar-refractivity contribution in [2.24, 2.45) is 5.92 Å². The Kier molecular flexibility index (Phi) is 10.6. The maximum atomic E-state index is 13.7. The molecule has 2 amide bonds. The third-order valence-electron chi connectivity index (χ3n) is 6.03. The average Bonchev–Trinajstić information content (AvgIpc) is 2.88. The molecular formula is C30H34BrClN2O3. The molecule has 0 saturated heterocycles. The van der Waals surface area contributed by atoms with Crippen molar-refractivity contribution >= 4 is 39.3 Å². The van der Waals surface area contributed by atoms with E-state index in [-0.39, 0.29) is 30.9 Å². The molecule has 0 aliphatic heterocycles. The number of nitrogens with zero attached hydrogens (tertiary/aromatic N) is 1. The number of nitrogens with one attached hydrogen (secondary N) is 1. The standard InChI is InChI=1S/C30H34BrClN2O3/c1-20(2)17-33-30(36)27(16-23-10-6-5-7-11-23)34(18-24-12-8-9-13-26(24)32)28(35)19-37-25-14-21(3)29(31)22(4)15-25/h5-15,20,27H,16-19H2,1-4H3,(H,33,36)/t27-/m0/s1. The van der Waals surface area contributed by atoms with Crippen molar-refractivity contribution in [1.29, 1.82) is 0 Å². The van der Waals surface area contributed by atoms with E-state index in [0.29, 0.717) is 23.7 Å². The van der Waals surface area contributed by atoms with Crippen LogP contribution < -0.4 is 10.1 Å². The first-order valence-electron chi connectivity index (χ1n) is 12.4. The molecule has 0 radical (unpaired) electrons. The molecule has 0 aromatic heterocycles. The summed E-state index contributed by atoms with van der Waals surface area (Å²) in [6, 6.07) is 20.1. The van der Waals surface area contributed by atoms with Gasteiger partial charge in [0.2, 0.25) is 5.91 Å². The van der Waals surface area contributed by atoms with E-state index in [2.05, 4.69) is 21.2 Å². The number of halogens is 2. The number of hydrogen-bond donors (Lipinski definition) is 1. The molecule has 3 aromatic carbocycles. The van der Waals surface area contributed by atoms with E-state index in [9.17, 15) is 9.59 Å². The largest absolute Gasteiger partial charge is 0.484 e. The van der Waals surface area contributed by atoms with E-state index in [1.807, 2.05) is 88.4 Å². The van der Waals surface area contributed by atoms with Crippen molar-refractivity contribution < 1.29 is 14.3 Å². The summed E-state index contributed by atoms with van der Waals surface area (Å²) in [6.45, 7) is 8.53. The van der Waals surface area contributed by atoms with Crippen LogP contribution in [-0.2, 0) is 22.6 Å². The van der Waals surface area contributed by atoms with Gasteiger partial charge in [-0.15, -0.1) is 0 Å². The molecule has 1 atom stereocenters. The highest BCUT2D eigenvalue weighted by Gasteiger charge is 2.31. The van der Waals surface area contributed by atoms with Gasteiger partial charge < -0.3 is 15.0 Å². The van der Waals surface area contributed by atoms with E-state index in [1.54, 1.807) is 11.0 Å². The summed E-state index contributed by atoms with van der Waals surface area (Å²) in [5.74, 6) is 0.390. The second-order valence-corrected chi connectivity index (χ2v) is 10.8. The molecule has 0 aliphatic rings. The van der Waals surface area contributed by atoms with Gasteiger partial charge in [0.15, 0.2) is 6.61 Å². The number of ether oxygens (including phenoxy) is 1. The lowest BCUT2D eigenvalue weighted by molar-refractivity contribution is -0.142. The third kappa shape index (κ3) is 8.34. The summed E-state index contributed by atoms with van der Waals surface area (Å²) in [6.07, 6.45) is 0.372. The van der Waals surface area contributed by atoms with Crippen molar-refractivity contribution in [1.82, 2.24) is 10.2 Å². The van der Waals surface area contributed by atoms with Gasteiger partial charge in [0.05, 0.1) is 0 Å². The molecule has 7 heteroatoms. The summed E-state index contributed by atoms with van der Waals surface area (Å²) >= 11 is 10.0. The molecule has 0 spiro atoms. The van der Waals surface area contributed by atoms with Crippen molar-refractivity contribution in [3.8, 4) is 5.75 Å². The van der Waals surface area contributed by atoms with Gasteiger partial charge in [0.25, 0.3) is 5.91 Å². The molecular weight excluding hydrogens is 552 g/mol. The van der Waals surface area contributed by atoms with E-state index >= 15 is 0 Å². The Labute approximate surface area is 233 Å². The smallest absolute Gasteiger partial charge is 0.261 e. The van der Waals surface area contributed by atoms with Gasteiger partial charge in [-0.05, 0) is 60.2 Å². The van der Waals surface area contributed by atoms with Crippen LogP contribution in [0.3, 0.4) is 0 Å². The predicted molar refractivity (Wildman–Crippen MR) is 153 cm³/mol. The van der Waals surface area contributed by atoms with Crippen molar-refractivity contribution in [3.05, 3.63) is 98.5 Å².